The highest BCUT2D eigenvalue weighted by atomic mass is 35.5. The van der Waals surface area contributed by atoms with Crippen molar-refractivity contribution >= 4 is 34.3 Å². The van der Waals surface area contributed by atoms with Crippen LogP contribution in [0.4, 0.5) is 4.39 Å². The number of hydrogen-bond acceptors (Lipinski definition) is 4. The second kappa shape index (κ2) is 8.68. The monoisotopic (exact) mass is 426 g/mol. The lowest BCUT2D eigenvalue weighted by Crippen LogP contribution is -2.22. The van der Waals surface area contributed by atoms with Crippen LogP contribution in [0.3, 0.4) is 0 Å². The lowest BCUT2D eigenvalue weighted by molar-refractivity contribution is 0.344. The molecular formula is C22H16ClFN2O2S. The van der Waals surface area contributed by atoms with E-state index in [1.54, 1.807) is 18.2 Å². The fourth-order valence-electron chi connectivity index (χ4n) is 2.87. The van der Waals surface area contributed by atoms with Crippen molar-refractivity contribution in [2.45, 2.75) is 5.16 Å². The summed E-state index contributed by atoms with van der Waals surface area (Å²) < 4.78 is 20.8. The van der Waals surface area contributed by atoms with Crippen LogP contribution in [0.2, 0.25) is 5.02 Å². The lowest BCUT2D eigenvalue weighted by Gasteiger charge is -2.14. The molecule has 0 N–H and O–H groups in total. The number of para-hydroxylation sites is 2. The van der Waals surface area contributed by atoms with Gasteiger partial charge in [-0.1, -0.05) is 53.7 Å². The van der Waals surface area contributed by atoms with Gasteiger partial charge in [0.15, 0.2) is 5.16 Å². The van der Waals surface area contributed by atoms with Crippen LogP contribution in [0.1, 0.15) is 0 Å². The molecule has 3 aromatic carbocycles. The third-order valence-electron chi connectivity index (χ3n) is 4.23. The highest BCUT2D eigenvalue weighted by Crippen LogP contribution is 2.24. The topological polar surface area (TPSA) is 44.1 Å². The Hall–Kier alpha value is -2.83. The average molecular weight is 427 g/mol. The quantitative estimate of drug-likeness (QED) is 0.237. The third-order valence-corrected chi connectivity index (χ3v) is 5.43. The number of ether oxygens (including phenoxy) is 1. The summed E-state index contributed by atoms with van der Waals surface area (Å²) in [6.45, 7) is 0.446. The van der Waals surface area contributed by atoms with Gasteiger partial charge in [-0.3, -0.25) is 9.36 Å². The van der Waals surface area contributed by atoms with Crippen molar-refractivity contribution < 1.29 is 9.13 Å². The third kappa shape index (κ3) is 4.28. The molecule has 0 amide bonds. The van der Waals surface area contributed by atoms with E-state index >= 15 is 0 Å². The summed E-state index contributed by atoms with van der Waals surface area (Å²) in [5.41, 5.74) is 0.837. The van der Waals surface area contributed by atoms with E-state index in [2.05, 4.69) is 4.98 Å². The van der Waals surface area contributed by atoms with Crippen LogP contribution < -0.4 is 10.3 Å². The average Bonchev–Trinajstić information content (AvgIpc) is 2.74. The van der Waals surface area contributed by atoms with Crippen molar-refractivity contribution in [1.29, 1.82) is 0 Å². The Bertz CT molecular complexity index is 1210. The van der Waals surface area contributed by atoms with Gasteiger partial charge in [-0.15, -0.1) is 0 Å². The van der Waals surface area contributed by atoms with Crippen molar-refractivity contribution in [2.75, 3.05) is 12.4 Å². The van der Waals surface area contributed by atoms with E-state index in [9.17, 15) is 9.18 Å². The number of thioether (sulfide) groups is 1. The molecule has 1 heterocycles. The summed E-state index contributed by atoms with van der Waals surface area (Å²) >= 11 is 7.33. The summed E-state index contributed by atoms with van der Waals surface area (Å²) in [6, 6.07) is 20.8. The van der Waals surface area contributed by atoms with Gasteiger partial charge in [0.1, 0.15) is 11.6 Å². The van der Waals surface area contributed by atoms with Gasteiger partial charge in [0.05, 0.1) is 28.2 Å². The first-order valence-corrected chi connectivity index (χ1v) is 10.3. The van der Waals surface area contributed by atoms with Crippen molar-refractivity contribution in [3.63, 3.8) is 0 Å². The summed E-state index contributed by atoms with van der Waals surface area (Å²) in [5.74, 6) is 0.819. The molecule has 1 aromatic heterocycles. The van der Waals surface area contributed by atoms with E-state index in [1.807, 2.05) is 36.4 Å². The molecule has 4 aromatic rings. The van der Waals surface area contributed by atoms with Crippen LogP contribution in [0.25, 0.3) is 16.6 Å². The molecule has 0 aliphatic carbocycles. The fraction of sp³-hybridized carbons (Fsp3) is 0.0909. The Kier molecular flexibility index (Phi) is 5.83. The second-order valence-corrected chi connectivity index (χ2v) is 7.63. The van der Waals surface area contributed by atoms with Crippen molar-refractivity contribution in [1.82, 2.24) is 9.55 Å². The Morgan fingerprint density at radius 2 is 1.79 bits per heavy atom. The molecule has 0 fully saturated rings. The molecule has 0 atom stereocenters. The number of aromatic nitrogens is 2. The van der Waals surface area contributed by atoms with E-state index in [4.69, 9.17) is 16.3 Å². The Morgan fingerprint density at radius 3 is 2.59 bits per heavy atom. The first-order valence-electron chi connectivity index (χ1n) is 8.91. The lowest BCUT2D eigenvalue weighted by atomic mass is 10.2. The van der Waals surface area contributed by atoms with E-state index in [-0.39, 0.29) is 10.6 Å². The van der Waals surface area contributed by atoms with Gasteiger partial charge in [0.25, 0.3) is 5.56 Å². The van der Waals surface area contributed by atoms with Crippen molar-refractivity contribution in [3.05, 3.63) is 94.0 Å². The maximum atomic E-state index is 13.6. The first-order chi connectivity index (χ1) is 14.1. The molecule has 29 heavy (non-hydrogen) atoms. The van der Waals surface area contributed by atoms with Gasteiger partial charge in [-0.2, -0.15) is 0 Å². The molecule has 0 saturated heterocycles. The fourth-order valence-corrected chi connectivity index (χ4v) is 3.87. The molecular weight excluding hydrogens is 411 g/mol. The highest BCUT2D eigenvalue weighted by Gasteiger charge is 2.14. The second-order valence-electron chi connectivity index (χ2n) is 6.16. The number of benzene rings is 3. The number of fused-ring (bicyclic) bond motifs is 1. The van der Waals surface area contributed by atoms with Crippen molar-refractivity contribution in [2.24, 2.45) is 0 Å². The highest BCUT2D eigenvalue weighted by molar-refractivity contribution is 7.99. The minimum absolute atomic E-state index is 0.0501. The maximum Gasteiger partial charge on any atom is 0.266 e. The van der Waals surface area contributed by atoms with Gasteiger partial charge in [-0.25, -0.2) is 9.37 Å². The zero-order valence-corrected chi connectivity index (χ0v) is 16.8. The standard InChI is InChI=1S/C22H16ClFN2O2S/c23-18-14-15(10-11-19(18)24)26-21(27)17-8-4-5-9-20(17)25-22(26)29-13-12-28-16-6-2-1-3-7-16/h1-11,14H,12-13H2. The summed E-state index contributed by atoms with van der Waals surface area (Å²) in [6.07, 6.45) is 0. The van der Waals surface area contributed by atoms with E-state index in [0.717, 1.165) is 5.75 Å². The minimum atomic E-state index is -0.539. The Morgan fingerprint density at radius 1 is 1.03 bits per heavy atom. The number of rotatable bonds is 6. The van der Waals surface area contributed by atoms with E-state index in [1.165, 1.54) is 34.5 Å². The minimum Gasteiger partial charge on any atom is -0.493 e. The molecule has 0 unspecified atom stereocenters. The summed E-state index contributed by atoms with van der Waals surface area (Å²) in [7, 11) is 0. The Labute approximate surface area is 175 Å². The molecule has 4 rings (SSSR count). The zero-order chi connectivity index (χ0) is 20.2. The molecule has 0 aliphatic rings. The van der Waals surface area contributed by atoms with Crippen LogP contribution in [-0.2, 0) is 0 Å². The van der Waals surface area contributed by atoms with Gasteiger partial charge in [0, 0.05) is 5.75 Å². The predicted octanol–water partition coefficient (Wildman–Crippen LogP) is 5.35. The molecule has 0 bridgehead atoms. The number of halogens is 2. The molecule has 0 spiro atoms. The van der Waals surface area contributed by atoms with E-state index < -0.39 is 5.82 Å². The molecule has 0 radical (unpaired) electrons. The van der Waals surface area contributed by atoms with E-state index in [0.29, 0.717) is 34.1 Å². The zero-order valence-electron chi connectivity index (χ0n) is 15.2. The summed E-state index contributed by atoms with van der Waals surface area (Å²) in [4.78, 5) is 17.8. The molecule has 0 saturated carbocycles. The van der Waals surface area contributed by atoms with Crippen LogP contribution in [-0.4, -0.2) is 21.9 Å². The maximum absolute atomic E-state index is 13.6. The van der Waals surface area contributed by atoms with Crippen LogP contribution in [0, 0.1) is 5.82 Å². The molecule has 146 valence electrons. The van der Waals surface area contributed by atoms with Gasteiger partial charge >= 0.3 is 0 Å². The molecule has 0 aliphatic heterocycles. The largest absolute Gasteiger partial charge is 0.493 e. The van der Waals surface area contributed by atoms with Crippen LogP contribution >= 0.6 is 23.4 Å². The molecule has 4 nitrogen and oxygen atoms in total. The van der Waals surface area contributed by atoms with Gasteiger partial charge in [0.2, 0.25) is 0 Å². The predicted molar refractivity (Wildman–Crippen MR) is 115 cm³/mol. The Balaban J connectivity index is 1.67. The van der Waals surface area contributed by atoms with Gasteiger partial charge < -0.3 is 4.74 Å². The van der Waals surface area contributed by atoms with Crippen LogP contribution in [0.15, 0.2) is 82.7 Å². The number of nitrogens with zero attached hydrogens (tertiary/aromatic N) is 2. The summed E-state index contributed by atoms with van der Waals surface area (Å²) in [5, 5.41) is 0.928. The van der Waals surface area contributed by atoms with Crippen molar-refractivity contribution in [3.8, 4) is 11.4 Å². The van der Waals surface area contributed by atoms with Crippen LogP contribution in [0.5, 0.6) is 5.75 Å². The first kappa shape index (κ1) is 19.5. The SMILES string of the molecule is O=c1c2ccccc2nc(SCCOc2ccccc2)n1-c1ccc(F)c(Cl)c1. The molecule has 7 heteroatoms. The smallest absolute Gasteiger partial charge is 0.266 e. The normalized spacial score (nSPS) is 11.0. The van der Waals surface area contributed by atoms with Gasteiger partial charge in [-0.05, 0) is 42.5 Å². The number of hydrogen-bond donors (Lipinski definition) is 0.